The van der Waals surface area contributed by atoms with Crippen LogP contribution in [0.1, 0.15) is 38.2 Å². The molecule has 130 valence electrons. The minimum Gasteiger partial charge on any atom is -0.462 e. The summed E-state index contributed by atoms with van der Waals surface area (Å²) in [6.45, 7) is 1.43. The van der Waals surface area contributed by atoms with Crippen LogP contribution in [0.15, 0.2) is 12.1 Å². The van der Waals surface area contributed by atoms with Crippen LogP contribution in [0, 0.1) is 11.3 Å². The second-order valence-electron chi connectivity index (χ2n) is 4.52. The van der Waals surface area contributed by atoms with Gasteiger partial charge in [-0.25, -0.2) is 14.6 Å². The summed E-state index contributed by atoms with van der Waals surface area (Å²) in [5, 5.41) is 9.49. The highest BCUT2D eigenvalue weighted by molar-refractivity contribution is 7.18. The molecule has 0 atom stereocenters. The van der Waals surface area contributed by atoms with E-state index in [0.29, 0.717) is 0 Å². The zero-order valence-electron chi connectivity index (χ0n) is 12.8. The Morgan fingerprint density at radius 1 is 1.32 bits per heavy atom. The number of nitrogens with two attached hydrogens (primary N) is 1. The number of esters is 2. The molecule has 0 bridgehead atoms. The molecule has 2 heterocycles. The third-order valence-electron chi connectivity index (χ3n) is 2.96. The lowest BCUT2D eigenvalue weighted by molar-refractivity contribution is 0.0447. The fourth-order valence-electron chi connectivity index (χ4n) is 1.87. The topological polar surface area (TPSA) is 115 Å². The maximum atomic E-state index is 12.1. The number of anilines is 1. The molecule has 2 N–H and O–H groups in total. The zero-order valence-corrected chi connectivity index (χ0v) is 15.2. The van der Waals surface area contributed by atoms with Gasteiger partial charge in [-0.3, -0.25) is 0 Å². The lowest BCUT2D eigenvalue weighted by Gasteiger charge is -2.07. The van der Waals surface area contributed by atoms with Gasteiger partial charge in [0.15, 0.2) is 5.69 Å². The first-order valence-electron chi connectivity index (χ1n) is 6.86. The van der Waals surface area contributed by atoms with Crippen LogP contribution >= 0.6 is 34.5 Å². The number of aromatic nitrogens is 1. The fraction of sp³-hybridized carbons (Fsp3) is 0.200. The highest BCUT2D eigenvalue weighted by Crippen LogP contribution is 2.32. The predicted octanol–water partition coefficient (Wildman–Crippen LogP) is 3.44. The number of nitrogens with zero attached hydrogens (tertiary/aromatic N) is 2. The highest BCUT2D eigenvalue weighted by Gasteiger charge is 2.24. The van der Waals surface area contributed by atoms with Crippen LogP contribution in [0.4, 0.5) is 5.00 Å². The van der Waals surface area contributed by atoms with Gasteiger partial charge in [0.05, 0.1) is 17.2 Å². The molecule has 0 saturated heterocycles. The standard InChI is InChI=1S/C15H11Cl2N3O4S/c1-2-23-15(22)12-8(7(5-18)13(19)25-12)6-24-14(21)11-9(16)3-4-10(17)20-11/h3-4H,2,6,19H2,1H3. The van der Waals surface area contributed by atoms with Gasteiger partial charge in [-0.1, -0.05) is 23.2 Å². The van der Waals surface area contributed by atoms with Crippen molar-refractivity contribution >= 4 is 51.5 Å². The molecule has 2 rings (SSSR count). The predicted molar refractivity (Wildman–Crippen MR) is 92.8 cm³/mol. The molecule has 0 amide bonds. The van der Waals surface area contributed by atoms with Gasteiger partial charge in [0.25, 0.3) is 0 Å². The Balaban J connectivity index is 2.28. The van der Waals surface area contributed by atoms with Crippen molar-refractivity contribution in [3.8, 4) is 6.07 Å². The number of carbonyl (C=O) groups is 2. The van der Waals surface area contributed by atoms with Crippen LogP contribution in [-0.2, 0) is 16.1 Å². The Labute approximate surface area is 156 Å². The summed E-state index contributed by atoms with van der Waals surface area (Å²) in [5.74, 6) is -1.50. The molecular weight excluding hydrogens is 389 g/mol. The first-order chi connectivity index (χ1) is 11.9. The number of nitrogen functional groups attached to an aromatic ring is 1. The molecule has 0 spiro atoms. The summed E-state index contributed by atoms with van der Waals surface area (Å²) in [5.41, 5.74) is 5.81. The number of halogens is 2. The summed E-state index contributed by atoms with van der Waals surface area (Å²) in [4.78, 5) is 28.0. The Hall–Kier alpha value is -2.34. The van der Waals surface area contributed by atoms with E-state index >= 15 is 0 Å². The number of ether oxygens (including phenoxy) is 2. The van der Waals surface area contributed by atoms with Crippen LogP contribution in [0.5, 0.6) is 0 Å². The van der Waals surface area contributed by atoms with E-state index in [2.05, 4.69) is 4.98 Å². The Morgan fingerprint density at radius 3 is 2.68 bits per heavy atom. The number of hydrogen-bond acceptors (Lipinski definition) is 8. The molecule has 0 aliphatic heterocycles. The Kier molecular flexibility index (Phi) is 6.20. The molecular formula is C15H11Cl2N3O4S. The van der Waals surface area contributed by atoms with E-state index in [1.165, 1.54) is 12.1 Å². The molecule has 2 aromatic heterocycles. The lowest BCUT2D eigenvalue weighted by Crippen LogP contribution is -2.11. The van der Waals surface area contributed by atoms with Crippen LogP contribution in [0.3, 0.4) is 0 Å². The van der Waals surface area contributed by atoms with E-state index in [9.17, 15) is 14.9 Å². The second-order valence-corrected chi connectivity index (χ2v) is 6.37. The smallest absolute Gasteiger partial charge is 0.358 e. The van der Waals surface area contributed by atoms with Crippen molar-refractivity contribution in [2.75, 3.05) is 12.3 Å². The Bertz CT molecular complexity index is 876. The van der Waals surface area contributed by atoms with Gasteiger partial charge in [0.2, 0.25) is 0 Å². The van der Waals surface area contributed by atoms with Gasteiger partial charge in [-0.05, 0) is 19.1 Å². The van der Waals surface area contributed by atoms with Crippen LogP contribution in [0.25, 0.3) is 0 Å². The normalized spacial score (nSPS) is 10.2. The fourth-order valence-corrected chi connectivity index (χ4v) is 3.12. The summed E-state index contributed by atoms with van der Waals surface area (Å²) in [6.07, 6.45) is 0. The number of rotatable bonds is 5. The van der Waals surface area contributed by atoms with Crippen molar-refractivity contribution in [1.82, 2.24) is 4.98 Å². The van der Waals surface area contributed by atoms with Crippen molar-refractivity contribution < 1.29 is 19.1 Å². The van der Waals surface area contributed by atoms with Crippen molar-refractivity contribution in [2.24, 2.45) is 0 Å². The Morgan fingerprint density at radius 2 is 2.04 bits per heavy atom. The average molecular weight is 400 g/mol. The number of hydrogen-bond donors (Lipinski definition) is 1. The molecule has 0 aliphatic carbocycles. The van der Waals surface area contributed by atoms with Crippen LogP contribution in [0.2, 0.25) is 10.2 Å². The van der Waals surface area contributed by atoms with E-state index in [0.717, 1.165) is 11.3 Å². The number of carbonyl (C=O) groups excluding carboxylic acids is 2. The zero-order chi connectivity index (χ0) is 18.6. The van der Waals surface area contributed by atoms with Crippen molar-refractivity contribution in [1.29, 1.82) is 5.26 Å². The van der Waals surface area contributed by atoms with Crippen LogP contribution < -0.4 is 5.73 Å². The molecule has 25 heavy (non-hydrogen) atoms. The number of pyridine rings is 1. The van der Waals surface area contributed by atoms with Gasteiger partial charge < -0.3 is 15.2 Å². The van der Waals surface area contributed by atoms with Gasteiger partial charge in [-0.15, -0.1) is 11.3 Å². The third-order valence-corrected chi connectivity index (χ3v) is 4.52. The molecule has 0 fully saturated rings. The summed E-state index contributed by atoms with van der Waals surface area (Å²) < 4.78 is 10.0. The first kappa shape index (κ1) is 19.0. The van der Waals surface area contributed by atoms with Gasteiger partial charge in [0.1, 0.15) is 27.7 Å². The minimum atomic E-state index is -0.851. The third kappa shape index (κ3) is 4.20. The number of thiophene rings is 1. The van der Waals surface area contributed by atoms with Crippen LogP contribution in [-0.4, -0.2) is 23.5 Å². The maximum Gasteiger partial charge on any atom is 0.358 e. The summed E-state index contributed by atoms with van der Waals surface area (Å²) in [6, 6.07) is 4.72. The number of nitriles is 1. The quantitative estimate of drug-likeness (QED) is 0.604. The van der Waals surface area contributed by atoms with E-state index < -0.39 is 11.9 Å². The highest BCUT2D eigenvalue weighted by atomic mass is 35.5. The lowest BCUT2D eigenvalue weighted by atomic mass is 10.1. The largest absolute Gasteiger partial charge is 0.462 e. The van der Waals surface area contributed by atoms with E-state index in [-0.39, 0.29) is 50.1 Å². The van der Waals surface area contributed by atoms with Gasteiger partial charge in [-0.2, -0.15) is 5.26 Å². The molecule has 0 aromatic carbocycles. The molecule has 0 radical (unpaired) electrons. The monoisotopic (exact) mass is 399 g/mol. The van der Waals surface area contributed by atoms with E-state index in [1.807, 2.05) is 6.07 Å². The molecule has 2 aromatic rings. The van der Waals surface area contributed by atoms with Crippen molar-refractivity contribution in [3.05, 3.63) is 44.0 Å². The summed E-state index contributed by atoms with van der Waals surface area (Å²) in [7, 11) is 0. The van der Waals surface area contributed by atoms with Gasteiger partial charge in [0, 0.05) is 5.56 Å². The minimum absolute atomic E-state index is 0.0605. The molecule has 0 saturated carbocycles. The van der Waals surface area contributed by atoms with Gasteiger partial charge >= 0.3 is 11.9 Å². The second kappa shape index (κ2) is 8.16. The average Bonchev–Trinajstić information content (AvgIpc) is 2.90. The molecule has 7 nitrogen and oxygen atoms in total. The van der Waals surface area contributed by atoms with Crippen molar-refractivity contribution in [2.45, 2.75) is 13.5 Å². The summed E-state index contributed by atoms with van der Waals surface area (Å²) >= 11 is 12.5. The molecule has 10 heteroatoms. The van der Waals surface area contributed by atoms with E-state index in [4.69, 9.17) is 38.4 Å². The first-order valence-corrected chi connectivity index (χ1v) is 8.43. The van der Waals surface area contributed by atoms with E-state index in [1.54, 1.807) is 6.92 Å². The SMILES string of the molecule is CCOC(=O)c1sc(N)c(C#N)c1COC(=O)c1nc(Cl)ccc1Cl. The van der Waals surface area contributed by atoms with Crippen molar-refractivity contribution in [3.63, 3.8) is 0 Å². The molecule has 0 unspecified atom stereocenters. The molecule has 0 aliphatic rings. The maximum absolute atomic E-state index is 12.1.